The van der Waals surface area contributed by atoms with Crippen LogP contribution < -0.4 is 9.64 Å². The lowest BCUT2D eigenvalue weighted by Gasteiger charge is -2.35. The highest BCUT2D eigenvalue weighted by molar-refractivity contribution is 7.89. The van der Waals surface area contributed by atoms with Crippen LogP contribution in [-0.2, 0) is 16.6 Å². The number of sulfonamides is 1. The Morgan fingerprint density at radius 2 is 1.74 bits per heavy atom. The van der Waals surface area contributed by atoms with E-state index in [1.807, 2.05) is 45.2 Å². The molecule has 0 radical (unpaired) electrons. The molecule has 11 heteroatoms. The van der Waals surface area contributed by atoms with E-state index in [4.69, 9.17) is 4.74 Å². The van der Waals surface area contributed by atoms with Crippen molar-refractivity contribution < 1.29 is 17.9 Å². The molecule has 0 bridgehead atoms. The highest BCUT2D eigenvalue weighted by atomic mass is 32.2. The zero-order valence-corrected chi connectivity index (χ0v) is 21.7. The van der Waals surface area contributed by atoms with Crippen LogP contribution in [-0.4, -0.2) is 104 Å². The van der Waals surface area contributed by atoms with Crippen LogP contribution >= 0.6 is 0 Å². The van der Waals surface area contributed by atoms with Gasteiger partial charge in [0.15, 0.2) is 0 Å². The van der Waals surface area contributed by atoms with Crippen molar-refractivity contribution in [1.82, 2.24) is 23.9 Å². The normalized spacial score (nSPS) is 18.5. The van der Waals surface area contributed by atoms with Crippen LogP contribution in [0.4, 0.5) is 5.69 Å². The van der Waals surface area contributed by atoms with Gasteiger partial charge in [0, 0.05) is 58.6 Å². The number of nitrogens with zero attached hydrogens (tertiary/aromatic N) is 6. The predicted octanol–water partition coefficient (Wildman–Crippen LogP) is 1.59. The van der Waals surface area contributed by atoms with E-state index < -0.39 is 10.0 Å². The summed E-state index contributed by atoms with van der Waals surface area (Å²) in [5.41, 5.74) is 1.13. The Kier molecular flexibility index (Phi) is 7.98. The fourth-order valence-electron chi connectivity index (χ4n) is 4.61. The van der Waals surface area contributed by atoms with Gasteiger partial charge in [0.25, 0.3) is 15.9 Å². The average Bonchev–Trinajstić information content (AvgIpc) is 3.20. The number of aryl methyl sites for hydroxylation is 1. The van der Waals surface area contributed by atoms with Crippen molar-refractivity contribution in [3.8, 4) is 5.75 Å². The molecule has 2 saturated heterocycles. The molecular formula is C24H36N6O4S. The molecule has 2 fully saturated rings. The van der Waals surface area contributed by atoms with Gasteiger partial charge in [-0.3, -0.25) is 9.48 Å². The number of benzene rings is 1. The Hall–Kier alpha value is -2.63. The zero-order chi connectivity index (χ0) is 25.0. The number of hydrogen-bond donors (Lipinski definition) is 0. The highest BCUT2D eigenvalue weighted by Gasteiger charge is 2.36. The van der Waals surface area contributed by atoms with Crippen LogP contribution in [0.1, 0.15) is 30.6 Å². The fraction of sp³-hybridized carbons (Fsp3) is 0.583. The first kappa shape index (κ1) is 25.5. The minimum Gasteiger partial charge on any atom is -0.492 e. The molecular weight excluding hydrogens is 468 g/mol. The molecule has 1 aromatic heterocycles. The SMILES string of the molecule is CCOc1ccccc1N1CCN(S(=O)(=O)c2nn(CC)cc2C(=O)N2CCCN(C)CC2)CC1. The van der Waals surface area contributed by atoms with Gasteiger partial charge < -0.3 is 19.4 Å². The van der Waals surface area contributed by atoms with Crippen molar-refractivity contribution >= 4 is 21.6 Å². The Morgan fingerprint density at radius 1 is 1.00 bits per heavy atom. The third-order valence-corrected chi connectivity index (χ3v) is 8.45. The summed E-state index contributed by atoms with van der Waals surface area (Å²) in [5.74, 6) is 0.534. The predicted molar refractivity (Wildman–Crippen MR) is 135 cm³/mol. The number of para-hydroxylation sites is 2. The van der Waals surface area contributed by atoms with Crippen molar-refractivity contribution in [3.63, 3.8) is 0 Å². The van der Waals surface area contributed by atoms with Gasteiger partial charge >= 0.3 is 0 Å². The molecule has 0 unspecified atom stereocenters. The number of carbonyl (C=O) groups is 1. The van der Waals surface area contributed by atoms with Gasteiger partial charge in [0.1, 0.15) is 5.75 Å². The maximum atomic E-state index is 13.7. The molecule has 192 valence electrons. The number of amides is 1. The topological polar surface area (TPSA) is 91.2 Å². The second-order valence-electron chi connectivity index (χ2n) is 8.94. The number of carbonyl (C=O) groups excluding carboxylic acids is 1. The number of ether oxygens (including phenoxy) is 1. The second kappa shape index (κ2) is 11.0. The maximum absolute atomic E-state index is 13.7. The first-order valence-corrected chi connectivity index (χ1v) is 13.8. The van der Waals surface area contributed by atoms with E-state index in [9.17, 15) is 13.2 Å². The molecule has 0 spiro atoms. The van der Waals surface area contributed by atoms with Crippen molar-refractivity contribution in [2.75, 3.05) is 70.9 Å². The molecule has 1 amide bonds. The minimum atomic E-state index is -3.93. The molecule has 0 saturated carbocycles. The monoisotopic (exact) mass is 504 g/mol. The van der Waals surface area contributed by atoms with E-state index in [1.54, 1.807) is 15.8 Å². The molecule has 3 heterocycles. The summed E-state index contributed by atoms with van der Waals surface area (Å²) in [6, 6.07) is 7.81. The van der Waals surface area contributed by atoms with E-state index >= 15 is 0 Å². The number of aromatic nitrogens is 2. The highest BCUT2D eigenvalue weighted by Crippen LogP contribution is 2.30. The molecule has 0 N–H and O–H groups in total. The van der Waals surface area contributed by atoms with Gasteiger partial charge in [-0.1, -0.05) is 12.1 Å². The third-order valence-electron chi connectivity index (χ3n) is 6.62. The van der Waals surface area contributed by atoms with Crippen LogP contribution in [0.15, 0.2) is 35.5 Å². The number of anilines is 1. The molecule has 2 aromatic rings. The maximum Gasteiger partial charge on any atom is 0.263 e. The number of piperazine rings is 1. The molecule has 1 aromatic carbocycles. The van der Waals surface area contributed by atoms with Crippen molar-refractivity contribution in [2.24, 2.45) is 0 Å². The third kappa shape index (κ3) is 5.46. The number of rotatable bonds is 7. The summed E-state index contributed by atoms with van der Waals surface area (Å²) < 4.78 is 36.1. The van der Waals surface area contributed by atoms with E-state index in [0.717, 1.165) is 30.9 Å². The van der Waals surface area contributed by atoms with E-state index in [2.05, 4.69) is 14.9 Å². The Bertz CT molecular complexity index is 1130. The second-order valence-corrected chi connectivity index (χ2v) is 10.8. The van der Waals surface area contributed by atoms with Crippen LogP contribution in [0.5, 0.6) is 5.75 Å². The molecule has 10 nitrogen and oxygen atoms in total. The summed E-state index contributed by atoms with van der Waals surface area (Å²) in [5, 5.41) is 4.21. The molecule has 35 heavy (non-hydrogen) atoms. The van der Waals surface area contributed by atoms with Crippen LogP contribution in [0.2, 0.25) is 0 Å². The van der Waals surface area contributed by atoms with Crippen LogP contribution in [0.25, 0.3) is 0 Å². The summed E-state index contributed by atoms with van der Waals surface area (Å²) in [7, 11) is -1.89. The summed E-state index contributed by atoms with van der Waals surface area (Å²) in [6.07, 6.45) is 2.44. The lowest BCUT2D eigenvalue weighted by atomic mass is 10.2. The smallest absolute Gasteiger partial charge is 0.263 e. The minimum absolute atomic E-state index is 0.134. The first-order valence-electron chi connectivity index (χ1n) is 12.4. The zero-order valence-electron chi connectivity index (χ0n) is 20.9. The van der Waals surface area contributed by atoms with Gasteiger partial charge in [-0.15, -0.1) is 0 Å². The van der Waals surface area contributed by atoms with Gasteiger partial charge in [0.2, 0.25) is 5.03 Å². The lowest BCUT2D eigenvalue weighted by Crippen LogP contribution is -2.49. The number of hydrogen-bond acceptors (Lipinski definition) is 7. The van der Waals surface area contributed by atoms with Crippen molar-refractivity contribution in [1.29, 1.82) is 0 Å². The quantitative estimate of drug-likeness (QED) is 0.566. The summed E-state index contributed by atoms with van der Waals surface area (Å²) in [6.45, 7) is 9.42. The molecule has 0 aliphatic carbocycles. The largest absolute Gasteiger partial charge is 0.492 e. The Labute approximate surface area is 208 Å². The van der Waals surface area contributed by atoms with E-state index in [0.29, 0.717) is 52.4 Å². The van der Waals surface area contributed by atoms with Gasteiger partial charge in [-0.25, -0.2) is 8.42 Å². The van der Waals surface area contributed by atoms with E-state index in [1.165, 1.54) is 4.31 Å². The van der Waals surface area contributed by atoms with Crippen LogP contribution in [0, 0.1) is 0 Å². The molecule has 4 rings (SSSR count). The standard InChI is InChI=1S/C24H36N6O4S/c1-4-29-19-20(24(31)28-12-8-11-26(3)13-14-28)23(25-29)35(32,33)30-17-15-27(16-18-30)21-9-6-7-10-22(21)34-5-2/h6-7,9-10,19H,4-5,8,11-18H2,1-3H3. The van der Waals surface area contributed by atoms with E-state index in [-0.39, 0.29) is 16.5 Å². The molecule has 2 aliphatic rings. The van der Waals surface area contributed by atoms with Crippen molar-refractivity contribution in [2.45, 2.75) is 31.8 Å². The first-order chi connectivity index (χ1) is 16.8. The Morgan fingerprint density at radius 3 is 2.46 bits per heavy atom. The molecule has 0 atom stereocenters. The van der Waals surface area contributed by atoms with Gasteiger partial charge in [0.05, 0.1) is 17.9 Å². The number of likely N-dealkylation sites (N-methyl/N-ethyl adjacent to an activating group) is 1. The molecule has 2 aliphatic heterocycles. The van der Waals surface area contributed by atoms with Gasteiger partial charge in [-0.2, -0.15) is 9.40 Å². The van der Waals surface area contributed by atoms with Crippen LogP contribution in [0.3, 0.4) is 0 Å². The lowest BCUT2D eigenvalue weighted by molar-refractivity contribution is 0.0758. The fourth-order valence-corrected chi connectivity index (χ4v) is 6.13. The van der Waals surface area contributed by atoms with Crippen molar-refractivity contribution in [3.05, 3.63) is 36.0 Å². The Balaban J connectivity index is 1.53. The summed E-state index contributed by atoms with van der Waals surface area (Å²) in [4.78, 5) is 19.5. The average molecular weight is 505 g/mol. The summed E-state index contributed by atoms with van der Waals surface area (Å²) >= 11 is 0. The van der Waals surface area contributed by atoms with Gasteiger partial charge in [-0.05, 0) is 46.0 Å².